The zero-order valence-corrected chi connectivity index (χ0v) is 25.4. The first-order valence-electron chi connectivity index (χ1n) is 16.8. The first-order valence-corrected chi connectivity index (χ1v) is 16.8. The lowest BCUT2D eigenvalue weighted by molar-refractivity contribution is -0.140. The standard InChI is InChI=1S/C36H54N2O2/c1-3-5-7-8-9-10-11-13-29-14-18-30(19-15-29)33-26-37-35(38-27-33)31-22-24-34(25-23-31)40-36(39)32-20-16-28(17-21-32)12-6-4-2/h22-30,32H,3-21H2,1-2H3/t28?,29-,30-,32?. The van der Waals surface area contributed by atoms with E-state index in [2.05, 4.69) is 13.8 Å². The lowest BCUT2D eigenvalue weighted by Gasteiger charge is -2.28. The van der Waals surface area contributed by atoms with Crippen molar-refractivity contribution in [1.82, 2.24) is 9.97 Å². The monoisotopic (exact) mass is 546 g/mol. The number of aromatic nitrogens is 2. The molecule has 0 spiro atoms. The summed E-state index contributed by atoms with van der Waals surface area (Å²) in [4.78, 5) is 22.1. The van der Waals surface area contributed by atoms with Crippen LogP contribution in [0.4, 0.5) is 0 Å². The highest BCUT2D eigenvalue weighted by molar-refractivity contribution is 5.75. The van der Waals surface area contributed by atoms with Gasteiger partial charge in [0.1, 0.15) is 5.75 Å². The van der Waals surface area contributed by atoms with E-state index in [4.69, 9.17) is 14.7 Å². The molecule has 4 heteroatoms. The Morgan fingerprint density at radius 2 is 1.25 bits per heavy atom. The molecule has 2 aliphatic rings. The van der Waals surface area contributed by atoms with Crippen molar-refractivity contribution < 1.29 is 9.53 Å². The Bertz CT molecular complexity index is 971. The van der Waals surface area contributed by atoms with E-state index in [1.165, 1.54) is 102 Å². The zero-order chi connectivity index (χ0) is 28.0. The van der Waals surface area contributed by atoms with Gasteiger partial charge in [-0.25, -0.2) is 9.97 Å². The van der Waals surface area contributed by atoms with Crippen LogP contribution in [0.25, 0.3) is 11.4 Å². The Morgan fingerprint density at radius 1 is 0.700 bits per heavy atom. The van der Waals surface area contributed by atoms with Gasteiger partial charge in [0.25, 0.3) is 0 Å². The molecule has 1 aromatic carbocycles. The van der Waals surface area contributed by atoms with Gasteiger partial charge in [0.2, 0.25) is 0 Å². The van der Waals surface area contributed by atoms with E-state index in [9.17, 15) is 4.79 Å². The molecular formula is C36H54N2O2. The minimum absolute atomic E-state index is 0.0452. The maximum absolute atomic E-state index is 12.7. The third-order valence-corrected chi connectivity index (χ3v) is 9.68. The van der Waals surface area contributed by atoms with Crippen molar-refractivity contribution in [2.75, 3.05) is 0 Å². The number of benzene rings is 1. The van der Waals surface area contributed by atoms with Gasteiger partial charge >= 0.3 is 5.97 Å². The molecular weight excluding hydrogens is 492 g/mol. The normalized spacial score (nSPS) is 23.1. The van der Waals surface area contributed by atoms with Crippen LogP contribution in [0.15, 0.2) is 36.7 Å². The highest BCUT2D eigenvalue weighted by atomic mass is 16.5. The Balaban J connectivity index is 1.17. The summed E-state index contributed by atoms with van der Waals surface area (Å²) in [5.41, 5.74) is 2.24. The van der Waals surface area contributed by atoms with Gasteiger partial charge < -0.3 is 4.74 Å². The predicted molar refractivity (Wildman–Crippen MR) is 165 cm³/mol. The highest BCUT2D eigenvalue weighted by Crippen LogP contribution is 2.38. The number of esters is 1. The second-order valence-corrected chi connectivity index (χ2v) is 12.8. The Kier molecular flexibility index (Phi) is 13.0. The molecule has 220 valence electrons. The third-order valence-electron chi connectivity index (χ3n) is 9.68. The quantitative estimate of drug-likeness (QED) is 0.127. The Morgan fingerprint density at radius 3 is 1.88 bits per heavy atom. The van der Waals surface area contributed by atoms with E-state index in [0.29, 0.717) is 11.7 Å². The second kappa shape index (κ2) is 16.9. The summed E-state index contributed by atoms with van der Waals surface area (Å²) in [7, 11) is 0. The Labute approximate surface area is 244 Å². The van der Waals surface area contributed by atoms with Gasteiger partial charge in [0, 0.05) is 18.0 Å². The van der Waals surface area contributed by atoms with E-state index in [0.717, 1.165) is 48.9 Å². The number of unbranched alkanes of at least 4 members (excludes halogenated alkanes) is 7. The average Bonchev–Trinajstić information content (AvgIpc) is 3.00. The van der Waals surface area contributed by atoms with Crippen molar-refractivity contribution >= 4 is 5.97 Å². The van der Waals surface area contributed by atoms with Gasteiger partial charge in [-0.3, -0.25) is 4.79 Å². The fraction of sp³-hybridized carbons (Fsp3) is 0.694. The van der Waals surface area contributed by atoms with E-state index in [1.807, 2.05) is 36.7 Å². The number of carbonyl (C=O) groups is 1. The molecule has 0 amide bonds. The lowest BCUT2D eigenvalue weighted by Crippen LogP contribution is -2.25. The summed E-state index contributed by atoms with van der Waals surface area (Å²) in [5.74, 6) is 3.64. The van der Waals surface area contributed by atoms with Crippen molar-refractivity contribution in [3.05, 3.63) is 42.2 Å². The van der Waals surface area contributed by atoms with Crippen molar-refractivity contribution in [1.29, 1.82) is 0 Å². The van der Waals surface area contributed by atoms with E-state index in [1.54, 1.807) is 0 Å². The topological polar surface area (TPSA) is 52.1 Å². The molecule has 0 atom stereocenters. The maximum Gasteiger partial charge on any atom is 0.314 e. The molecule has 2 aromatic rings. The van der Waals surface area contributed by atoms with E-state index < -0.39 is 0 Å². The molecule has 2 aliphatic carbocycles. The van der Waals surface area contributed by atoms with Crippen LogP contribution in [-0.2, 0) is 4.79 Å². The first kappa shape index (κ1) is 30.7. The van der Waals surface area contributed by atoms with E-state index in [-0.39, 0.29) is 11.9 Å². The molecule has 0 bridgehead atoms. The molecule has 0 saturated heterocycles. The predicted octanol–water partition coefficient (Wildman–Crippen LogP) is 10.5. The van der Waals surface area contributed by atoms with Crippen LogP contribution in [0.2, 0.25) is 0 Å². The lowest BCUT2D eigenvalue weighted by atomic mass is 9.77. The first-order chi connectivity index (χ1) is 19.7. The molecule has 4 nitrogen and oxygen atoms in total. The molecule has 0 aliphatic heterocycles. The van der Waals surface area contributed by atoms with E-state index >= 15 is 0 Å². The van der Waals surface area contributed by atoms with Crippen LogP contribution < -0.4 is 4.74 Å². The van der Waals surface area contributed by atoms with Crippen LogP contribution in [0, 0.1) is 17.8 Å². The van der Waals surface area contributed by atoms with Crippen LogP contribution >= 0.6 is 0 Å². The van der Waals surface area contributed by atoms with Crippen LogP contribution in [0.5, 0.6) is 5.75 Å². The number of ether oxygens (including phenoxy) is 1. The maximum atomic E-state index is 12.7. The second-order valence-electron chi connectivity index (χ2n) is 12.8. The van der Waals surface area contributed by atoms with Gasteiger partial charge in [-0.15, -0.1) is 0 Å². The SMILES string of the molecule is CCCCCCCCC[C@H]1CC[C@H](c2cnc(-c3ccc(OC(=O)C4CCC(CCCC)CC4)cc3)nc2)CC1. The van der Waals surface area contributed by atoms with Crippen molar-refractivity contribution in [2.24, 2.45) is 17.8 Å². The molecule has 0 N–H and O–H groups in total. The van der Waals surface area contributed by atoms with Crippen molar-refractivity contribution in [2.45, 2.75) is 142 Å². The molecule has 2 saturated carbocycles. The van der Waals surface area contributed by atoms with Crippen LogP contribution in [-0.4, -0.2) is 15.9 Å². The van der Waals surface area contributed by atoms with Gasteiger partial charge in [-0.1, -0.05) is 84.5 Å². The fourth-order valence-electron chi connectivity index (χ4n) is 6.92. The molecule has 4 rings (SSSR count). The summed E-state index contributed by atoms with van der Waals surface area (Å²) < 4.78 is 5.74. The minimum Gasteiger partial charge on any atom is -0.426 e. The summed E-state index contributed by atoms with van der Waals surface area (Å²) in [6.45, 7) is 4.54. The largest absolute Gasteiger partial charge is 0.426 e. The molecule has 1 heterocycles. The number of hydrogen-bond acceptors (Lipinski definition) is 4. The third kappa shape index (κ3) is 9.70. The summed E-state index contributed by atoms with van der Waals surface area (Å²) in [5, 5.41) is 0. The summed E-state index contributed by atoms with van der Waals surface area (Å²) >= 11 is 0. The molecule has 2 fully saturated rings. The van der Waals surface area contributed by atoms with Gasteiger partial charge in [-0.05, 0) is 98.9 Å². The van der Waals surface area contributed by atoms with Gasteiger partial charge in [0.15, 0.2) is 5.82 Å². The molecule has 1 aromatic heterocycles. The summed E-state index contributed by atoms with van der Waals surface area (Å²) in [6, 6.07) is 7.69. The molecule has 40 heavy (non-hydrogen) atoms. The van der Waals surface area contributed by atoms with Crippen molar-refractivity contribution in [3.8, 4) is 17.1 Å². The number of carbonyl (C=O) groups excluding carboxylic acids is 1. The average molecular weight is 547 g/mol. The molecule has 0 radical (unpaired) electrons. The fourth-order valence-corrected chi connectivity index (χ4v) is 6.92. The van der Waals surface area contributed by atoms with Crippen LogP contribution in [0.3, 0.4) is 0 Å². The highest BCUT2D eigenvalue weighted by Gasteiger charge is 2.27. The van der Waals surface area contributed by atoms with Crippen LogP contribution in [0.1, 0.15) is 147 Å². The number of rotatable bonds is 15. The molecule has 0 unspecified atom stereocenters. The van der Waals surface area contributed by atoms with Crippen molar-refractivity contribution in [3.63, 3.8) is 0 Å². The number of hydrogen-bond donors (Lipinski definition) is 0. The smallest absolute Gasteiger partial charge is 0.314 e. The zero-order valence-electron chi connectivity index (χ0n) is 25.4. The number of nitrogens with zero attached hydrogens (tertiary/aromatic N) is 2. The van der Waals surface area contributed by atoms with Gasteiger partial charge in [0.05, 0.1) is 5.92 Å². The Hall–Kier alpha value is -2.23. The summed E-state index contributed by atoms with van der Waals surface area (Å²) in [6.07, 6.45) is 28.7. The van der Waals surface area contributed by atoms with Gasteiger partial charge in [-0.2, -0.15) is 0 Å². The minimum atomic E-state index is -0.0700.